The minimum Gasteiger partial charge on any atom is -0.394 e. The van der Waals surface area contributed by atoms with Crippen molar-refractivity contribution in [2.24, 2.45) is 0 Å². The Morgan fingerprint density at radius 1 is 1.26 bits per heavy atom. The van der Waals surface area contributed by atoms with E-state index in [1.807, 2.05) is 24.3 Å². The number of fused-ring (bicyclic) bond motifs is 1. The lowest BCUT2D eigenvalue weighted by Crippen LogP contribution is -2.73. The monoisotopic (exact) mass is 427 g/mol. The van der Waals surface area contributed by atoms with Gasteiger partial charge in [0.2, 0.25) is 11.8 Å². The van der Waals surface area contributed by atoms with Crippen LogP contribution in [0, 0.1) is 11.8 Å². The Balaban J connectivity index is 1.45. The lowest BCUT2D eigenvalue weighted by Gasteiger charge is -2.58. The largest absolute Gasteiger partial charge is 0.394 e. The van der Waals surface area contributed by atoms with Crippen molar-refractivity contribution in [2.75, 3.05) is 66.3 Å². The maximum absolute atomic E-state index is 12.9. The van der Waals surface area contributed by atoms with Gasteiger partial charge < -0.3 is 24.4 Å². The lowest BCUT2D eigenvalue weighted by atomic mass is 9.73. The molecule has 1 aromatic carbocycles. The molecular weight excluding hydrogens is 398 g/mol. The number of nitrogens with zero attached hydrogens (tertiary/aromatic N) is 3. The van der Waals surface area contributed by atoms with Gasteiger partial charge in [-0.3, -0.25) is 14.5 Å². The SMILES string of the molecule is COCC#Cc1ccc([C@H]2[C@H]3CN(C(=O)CN4CCOCC4)CC(=O)N3[C@H]2CO)cc1. The predicted octanol–water partition coefficient (Wildman–Crippen LogP) is -0.486. The molecule has 0 radical (unpaired) electrons. The fraction of sp³-hybridized carbons (Fsp3) is 0.565. The molecule has 4 rings (SSSR count). The van der Waals surface area contributed by atoms with Crippen molar-refractivity contribution < 1.29 is 24.2 Å². The Hall–Kier alpha value is -2.44. The number of methoxy groups -OCH3 is 1. The Morgan fingerprint density at radius 2 is 2.00 bits per heavy atom. The van der Waals surface area contributed by atoms with Crippen LogP contribution in [0.4, 0.5) is 0 Å². The number of ether oxygens (including phenoxy) is 2. The Labute approximate surface area is 182 Å². The maximum atomic E-state index is 12.9. The summed E-state index contributed by atoms with van der Waals surface area (Å²) in [6.45, 7) is 3.91. The second-order valence-electron chi connectivity index (χ2n) is 8.16. The zero-order valence-electron chi connectivity index (χ0n) is 17.8. The molecule has 0 spiro atoms. The highest BCUT2D eigenvalue weighted by atomic mass is 16.5. The van der Waals surface area contributed by atoms with Crippen LogP contribution in [0.15, 0.2) is 24.3 Å². The second kappa shape index (κ2) is 9.79. The van der Waals surface area contributed by atoms with Crippen LogP contribution in [0.2, 0.25) is 0 Å². The number of hydrogen-bond donors (Lipinski definition) is 1. The summed E-state index contributed by atoms with van der Waals surface area (Å²) in [5.41, 5.74) is 1.94. The van der Waals surface area contributed by atoms with Crippen molar-refractivity contribution in [3.63, 3.8) is 0 Å². The molecule has 0 unspecified atom stereocenters. The normalized spacial score (nSPS) is 26.0. The van der Waals surface area contributed by atoms with Crippen LogP contribution in [0.5, 0.6) is 0 Å². The third-order valence-electron chi connectivity index (χ3n) is 6.31. The van der Waals surface area contributed by atoms with Crippen LogP contribution in [0.1, 0.15) is 17.0 Å². The molecular formula is C23H29N3O5. The van der Waals surface area contributed by atoms with Gasteiger partial charge >= 0.3 is 0 Å². The third-order valence-corrected chi connectivity index (χ3v) is 6.31. The minimum absolute atomic E-state index is 0.00563. The van der Waals surface area contributed by atoms with Crippen LogP contribution in [-0.4, -0.2) is 110 Å². The topological polar surface area (TPSA) is 82.6 Å². The zero-order chi connectivity index (χ0) is 21.8. The Kier molecular flexibility index (Phi) is 6.88. The molecule has 0 aliphatic carbocycles. The van der Waals surface area contributed by atoms with Crippen molar-refractivity contribution in [3.05, 3.63) is 35.4 Å². The average Bonchev–Trinajstić information content (AvgIpc) is 2.77. The first kappa shape index (κ1) is 21.8. The summed E-state index contributed by atoms with van der Waals surface area (Å²) in [6.07, 6.45) is 0. The van der Waals surface area contributed by atoms with Crippen molar-refractivity contribution >= 4 is 11.8 Å². The summed E-state index contributed by atoms with van der Waals surface area (Å²) >= 11 is 0. The van der Waals surface area contributed by atoms with Gasteiger partial charge in [0.15, 0.2) is 0 Å². The van der Waals surface area contributed by atoms with Crippen LogP contribution in [0.3, 0.4) is 0 Å². The van der Waals surface area contributed by atoms with Crippen molar-refractivity contribution in [3.8, 4) is 11.8 Å². The van der Waals surface area contributed by atoms with Gasteiger partial charge in [0.05, 0.1) is 45.0 Å². The standard InChI is InChI=1S/C23H29N3O5/c1-30-10-2-3-17-4-6-18(7-5-17)23-19-13-25(15-22(29)26(19)20(23)16-27)21(28)14-24-8-11-31-12-9-24/h4-7,19-20,23,27H,8-16H2,1H3/t19-,20+,23+/m1/s1. The van der Waals surface area contributed by atoms with Crippen LogP contribution >= 0.6 is 0 Å². The van der Waals surface area contributed by atoms with Gasteiger partial charge in [-0.25, -0.2) is 0 Å². The number of rotatable bonds is 5. The van der Waals surface area contributed by atoms with Crippen molar-refractivity contribution in [1.82, 2.24) is 14.7 Å². The van der Waals surface area contributed by atoms with E-state index in [0.29, 0.717) is 32.9 Å². The summed E-state index contributed by atoms with van der Waals surface area (Å²) in [7, 11) is 1.61. The molecule has 8 heteroatoms. The molecule has 1 aromatic rings. The molecule has 31 heavy (non-hydrogen) atoms. The van der Waals surface area contributed by atoms with Crippen molar-refractivity contribution in [1.29, 1.82) is 0 Å². The molecule has 3 atom stereocenters. The summed E-state index contributed by atoms with van der Waals surface area (Å²) in [4.78, 5) is 31.1. The zero-order valence-corrected chi connectivity index (χ0v) is 17.8. The first-order chi connectivity index (χ1) is 15.1. The second-order valence-corrected chi connectivity index (χ2v) is 8.16. The number of morpholine rings is 1. The van der Waals surface area contributed by atoms with E-state index in [1.54, 1.807) is 16.9 Å². The van der Waals surface area contributed by atoms with E-state index < -0.39 is 0 Å². The first-order valence-corrected chi connectivity index (χ1v) is 10.7. The fourth-order valence-corrected chi connectivity index (χ4v) is 4.74. The van der Waals surface area contributed by atoms with E-state index in [4.69, 9.17) is 9.47 Å². The summed E-state index contributed by atoms with van der Waals surface area (Å²) in [6, 6.07) is 7.53. The molecule has 3 heterocycles. The molecule has 8 nitrogen and oxygen atoms in total. The van der Waals surface area contributed by atoms with Gasteiger partial charge in [-0.2, -0.15) is 0 Å². The molecule has 3 saturated heterocycles. The smallest absolute Gasteiger partial charge is 0.242 e. The molecule has 0 bridgehead atoms. The number of hydrogen-bond acceptors (Lipinski definition) is 6. The highest BCUT2D eigenvalue weighted by Gasteiger charge is 2.54. The van der Waals surface area contributed by atoms with Gasteiger partial charge in [-0.05, 0) is 17.7 Å². The van der Waals surface area contributed by atoms with Crippen molar-refractivity contribution in [2.45, 2.75) is 18.0 Å². The van der Waals surface area contributed by atoms with Gasteiger partial charge in [-0.15, -0.1) is 0 Å². The summed E-state index contributed by atoms with van der Waals surface area (Å²) in [5.74, 6) is 5.85. The van der Waals surface area contributed by atoms with Gasteiger partial charge in [0, 0.05) is 38.2 Å². The van der Waals surface area contributed by atoms with E-state index in [-0.39, 0.29) is 43.0 Å². The Morgan fingerprint density at radius 3 is 2.68 bits per heavy atom. The summed E-state index contributed by atoms with van der Waals surface area (Å²) < 4.78 is 10.3. The number of carbonyl (C=O) groups excluding carboxylic acids is 2. The van der Waals surface area contributed by atoms with Crippen LogP contribution < -0.4 is 0 Å². The molecule has 1 N–H and O–H groups in total. The number of aliphatic hydroxyl groups excluding tert-OH is 1. The number of piperazine rings is 1. The number of aliphatic hydroxyl groups is 1. The van der Waals surface area contributed by atoms with Gasteiger partial charge in [0.1, 0.15) is 6.61 Å². The summed E-state index contributed by atoms with van der Waals surface area (Å²) in [5, 5.41) is 9.93. The molecule has 3 aliphatic rings. The maximum Gasteiger partial charge on any atom is 0.242 e. The average molecular weight is 428 g/mol. The van der Waals surface area contributed by atoms with Gasteiger partial charge in [0.25, 0.3) is 0 Å². The first-order valence-electron chi connectivity index (χ1n) is 10.7. The third kappa shape index (κ3) is 4.60. The van der Waals surface area contributed by atoms with E-state index >= 15 is 0 Å². The van der Waals surface area contributed by atoms with E-state index in [9.17, 15) is 14.7 Å². The lowest BCUT2D eigenvalue weighted by molar-refractivity contribution is -0.167. The van der Waals surface area contributed by atoms with E-state index in [1.165, 1.54) is 0 Å². The molecule has 0 saturated carbocycles. The Bertz CT molecular complexity index is 856. The molecule has 166 valence electrons. The molecule has 3 fully saturated rings. The van der Waals surface area contributed by atoms with E-state index in [0.717, 1.165) is 24.2 Å². The quantitative estimate of drug-likeness (QED) is 0.639. The molecule has 2 amide bonds. The molecule has 3 aliphatic heterocycles. The highest BCUT2D eigenvalue weighted by Crippen LogP contribution is 2.42. The fourth-order valence-electron chi connectivity index (χ4n) is 4.74. The van der Waals surface area contributed by atoms with Gasteiger partial charge in [-0.1, -0.05) is 24.0 Å². The van der Waals surface area contributed by atoms with E-state index in [2.05, 4.69) is 16.7 Å². The predicted molar refractivity (Wildman–Crippen MR) is 113 cm³/mol. The number of amides is 2. The molecule has 0 aromatic heterocycles. The minimum atomic E-state index is -0.251. The van der Waals surface area contributed by atoms with Crippen LogP contribution in [-0.2, 0) is 19.1 Å². The van der Waals surface area contributed by atoms with Crippen LogP contribution in [0.25, 0.3) is 0 Å². The highest BCUT2D eigenvalue weighted by molar-refractivity contribution is 5.88. The number of carbonyl (C=O) groups is 2. The number of benzene rings is 1.